The Labute approximate surface area is 153 Å². The largest absolute Gasteiger partial charge is 0.366 e. The van der Waals surface area contributed by atoms with Gasteiger partial charge in [0.1, 0.15) is 17.3 Å². The first-order valence-corrected chi connectivity index (χ1v) is 8.68. The number of hydrogen-bond acceptors (Lipinski definition) is 4. The quantitative estimate of drug-likeness (QED) is 0.701. The van der Waals surface area contributed by atoms with E-state index in [1.807, 2.05) is 54.6 Å². The number of aromatic nitrogens is 2. The van der Waals surface area contributed by atoms with Gasteiger partial charge in [0.15, 0.2) is 0 Å². The van der Waals surface area contributed by atoms with Crippen LogP contribution >= 0.6 is 0 Å². The van der Waals surface area contributed by atoms with E-state index in [1.165, 1.54) is 5.56 Å². The minimum atomic E-state index is -0.248. The molecule has 1 aromatic heterocycles. The number of amides is 1. The van der Waals surface area contributed by atoms with Crippen LogP contribution in [0.4, 0.5) is 11.5 Å². The van der Waals surface area contributed by atoms with E-state index in [-0.39, 0.29) is 5.91 Å². The molecule has 2 N–H and O–H groups in total. The number of nitrogens with one attached hydrogen (secondary N) is 2. The minimum absolute atomic E-state index is 0.248. The maximum atomic E-state index is 12.5. The zero-order valence-corrected chi connectivity index (χ0v) is 15.0. The molecule has 5 nitrogen and oxygen atoms in total. The molecule has 0 bridgehead atoms. The summed E-state index contributed by atoms with van der Waals surface area (Å²) in [6.45, 7) is 4.51. The molecule has 26 heavy (non-hydrogen) atoms. The van der Waals surface area contributed by atoms with Gasteiger partial charge in [0, 0.05) is 18.3 Å². The molecule has 0 atom stereocenters. The maximum Gasteiger partial charge on any atom is 0.274 e. The highest BCUT2D eigenvalue weighted by atomic mass is 16.1. The molecular formula is C21H22N4O. The summed E-state index contributed by atoms with van der Waals surface area (Å²) in [5.41, 5.74) is 3.47. The average Bonchev–Trinajstić information content (AvgIpc) is 2.67. The standard InChI is InChI=1S/C21H22N4O/c1-3-16-9-11-18(12-10-16)25-21(26)19-13-20(24-15(2)23-19)22-14-17-7-5-4-6-8-17/h4-13H,3,14H2,1-2H3,(H,25,26)(H,22,23,24). The van der Waals surface area contributed by atoms with Crippen molar-refractivity contribution in [2.75, 3.05) is 10.6 Å². The Morgan fingerprint density at radius 1 is 0.962 bits per heavy atom. The number of nitrogens with zero attached hydrogens (tertiary/aromatic N) is 2. The van der Waals surface area contributed by atoms with Crippen LogP contribution in [0.5, 0.6) is 0 Å². The molecule has 132 valence electrons. The van der Waals surface area contributed by atoms with Crippen LogP contribution in [0.1, 0.15) is 34.4 Å². The zero-order chi connectivity index (χ0) is 18.4. The van der Waals surface area contributed by atoms with Gasteiger partial charge in [-0.1, -0.05) is 49.4 Å². The van der Waals surface area contributed by atoms with Crippen LogP contribution < -0.4 is 10.6 Å². The smallest absolute Gasteiger partial charge is 0.274 e. The van der Waals surface area contributed by atoms with Crippen LogP contribution in [0, 0.1) is 6.92 Å². The molecule has 3 rings (SSSR count). The Morgan fingerprint density at radius 2 is 1.69 bits per heavy atom. The van der Waals surface area contributed by atoms with Gasteiger partial charge in [-0.15, -0.1) is 0 Å². The highest BCUT2D eigenvalue weighted by Gasteiger charge is 2.11. The Morgan fingerprint density at radius 3 is 2.38 bits per heavy atom. The third-order valence-electron chi connectivity index (χ3n) is 4.01. The second-order valence-corrected chi connectivity index (χ2v) is 6.03. The zero-order valence-electron chi connectivity index (χ0n) is 15.0. The summed E-state index contributed by atoms with van der Waals surface area (Å²) in [5.74, 6) is 0.935. The van der Waals surface area contributed by atoms with Gasteiger partial charge in [-0.25, -0.2) is 9.97 Å². The van der Waals surface area contributed by atoms with Crippen molar-refractivity contribution in [3.63, 3.8) is 0 Å². The molecule has 0 aliphatic carbocycles. The van der Waals surface area contributed by atoms with E-state index in [4.69, 9.17) is 0 Å². The molecule has 0 aliphatic heterocycles. The molecule has 0 saturated carbocycles. The molecule has 1 heterocycles. The van der Waals surface area contributed by atoms with Crippen LogP contribution in [0.15, 0.2) is 60.7 Å². The number of carbonyl (C=O) groups excluding carboxylic acids is 1. The van der Waals surface area contributed by atoms with E-state index in [0.717, 1.165) is 17.7 Å². The number of rotatable bonds is 6. The average molecular weight is 346 g/mol. The number of benzene rings is 2. The van der Waals surface area contributed by atoms with E-state index in [9.17, 15) is 4.79 Å². The van der Waals surface area contributed by atoms with Gasteiger partial charge in [0.05, 0.1) is 0 Å². The summed E-state index contributed by atoms with van der Waals surface area (Å²) < 4.78 is 0. The van der Waals surface area contributed by atoms with Crippen molar-refractivity contribution in [1.82, 2.24) is 9.97 Å². The Hall–Kier alpha value is -3.21. The highest BCUT2D eigenvalue weighted by molar-refractivity contribution is 6.03. The van der Waals surface area contributed by atoms with Crippen molar-refractivity contribution >= 4 is 17.4 Å². The number of anilines is 2. The molecule has 2 aromatic carbocycles. The Bertz CT molecular complexity index is 876. The molecule has 0 fully saturated rings. The summed E-state index contributed by atoms with van der Waals surface area (Å²) in [7, 11) is 0. The van der Waals surface area contributed by atoms with Crippen LogP contribution in [0.2, 0.25) is 0 Å². The van der Waals surface area contributed by atoms with Gasteiger partial charge >= 0.3 is 0 Å². The van der Waals surface area contributed by atoms with E-state index < -0.39 is 0 Å². The van der Waals surface area contributed by atoms with Crippen LogP contribution in [0.25, 0.3) is 0 Å². The van der Waals surface area contributed by atoms with Crippen molar-refractivity contribution in [2.24, 2.45) is 0 Å². The first kappa shape index (κ1) is 17.6. The molecule has 0 spiro atoms. The summed E-state index contributed by atoms with van der Waals surface area (Å²) in [6, 6.07) is 19.5. The van der Waals surface area contributed by atoms with Gasteiger partial charge in [-0.3, -0.25) is 4.79 Å². The molecule has 0 unspecified atom stereocenters. The third kappa shape index (κ3) is 4.66. The number of carbonyl (C=O) groups is 1. The van der Waals surface area contributed by atoms with Crippen molar-refractivity contribution < 1.29 is 4.79 Å². The summed E-state index contributed by atoms with van der Waals surface area (Å²) >= 11 is 0. The van der Waals surface area contributed by atoms with Crippen molar-refractivity contribution in [3.05, 3.63) is 83.3 Å². The monoisotopic (exact) mass is 346 g/mol. The molecule has 0 saturated heterocycles. The lowest BCUT2D eigenvalue weighted by Crippen LogP contribution is -2.15. The van der Waals surface area contributed by atoms with E-state index >= 15 is 0 Å². The van der Waals surface area contributed by atoms with Crippen LogP contribution in [-0.2, 0) is 13.0 Å². The van der Waals surface area contributed by atoms with Gasteiger partial charge < -0.3 is 10.6 Å². The van der Waals surface area contributed by atoms with Crippen molar-refractivity contribution in [3.8, 4) is 0 Å². The lowest BCUT2D eigenvalue weighted by Gasteiger charge is -2.09. The van der Waals surface area contributed by atoms with Crippen LogP contribution in [0.3, 0.4) is 0 Å². The van der Waals surface area contributed by atoms with Gasteiger partial charge in [0.25, 0.3) is 5.91 Å². The van der Waals surface area contributed by atoms with Gasteiger partial charge in [0.2, 0.25) is 0 Å². The summed E-state index contributed by atoms with van der Waals surface area (Å²) in [4.78, 5) is 21.1. The fraction of sp³-hybridized carbons (Fsp3) is 0.190. The Balaban J connectivity index is 1.70. The molecule has 0 aliphatic rings. The highest BCUT2D eigenvalue weighted by Crippen LogP contribution is 2.13. The third-order valence-corrected chi connectivity index (χ3v) is 4.01. The van der Waals surface area contributed by atoms with E-state index in [0.29, 0.717) is 23.9 Å². The molecule has 3 aromatic rings. The topological polar surface area (TPSA) is 66.9 Å². The normalized spacial score (nSPS) is 10.4. The molecular weight excluding hydrogens is 324 g/mol. The predicted octanol–water partition coefficient (Wildman–Crippen LogP) is 4.21. The predicted molar refractivity (Wildman–Crippen MR) is 104 cm³/mol. The second kappa shape index (κ2) is 8.25. The first-order chi connectivity index (χ1) is 12.6. The van der Waals surface area contributed by atoms with Gasteiger partial charge in [-0.2, -0.15) is 0 Å². The summed E-state index contributed by atoms with van der Waals surface area (Å²) in [5, 5.41) is 6.13. The molecule has 0 radical (unpaired) electrons. The second-order valence-electron chi connectivity index (χ2n) is 6.03. The first-order valence-electron chi connectivity index (χ1n) is 8.68. The molecule has 1 amide bonds. The van der Waals surface area contributed by atoms with Crippen molar-refractivity contribution in [2.45, 2.75) is 26.8 Å². The van der Waals surface area contributed by atoms with Crippen molar-refractivity contribution in [1.29, 1.82) is 0 Å². The fourth-order valence-electron chi connectivity index (χ4n) is 2.58. The Kier molecular flexibility index (Phi) is 5.59. The van der Waals surface area contributed by atoms with Crippen LogP contribution in [-0.4, -0.2) is 15.9 Å². The minimum Gasteiger partial charge on any atom is -0.366 e. The maximum absolute atomic E-state index is 12.5. The SMILES string of the molecule is CCc1ccc(NC(=O)c2cc(NCc3ccccc3)nc(C)n2)cc1. The fourth-order valence-corrected chi connectivity index (χ4v) is 2.58. The number of hydrogen-bond donors (Lipinski definition) is 2. The lowest BCUT2D eigenvalue weighted by molar-refractivity contribution is 0.102. The van der Waals surface area contributed by atoms with E-state index in [1.54, 1.807) is 13.0 Å². The summed E-state index contributed by atoms with van der Waals surface area (Å²) in [6.07, 6.45) is 0.968. The molecule has 5 heteroatoms. The lowest BCUT2D eigenvalue weighted by atomic mass is 10.1. The number of aryl methyl sites for hydroxylation is 2. The van der Waals surface area contributed by atoms with Gasteiger partial charge in [-0.05, 0) is 36.6 Å². The van der Waals surface area contributed by atoms with E-state index in [2.05, 4.69) is 27.5 Å².